The number of carbonyl (C=O) groups excluding carboxylic acids is 2. The zero-order valence-corrected chi connectivity index (χ0v) is 16.8. The first-order valence-electron chi connectivity index (χ1n) is 8.87. The first-order chi connectivity index (χ1) is 13.5. The molecule has 0 aliphatic heterocycles. The van der Waals surface area contributed by atoms with E-state index >= 15 is 0 Å². The van der Waals surface area contributed by atoms with Crippen molar-refractivity contribution in [2.75, 3.05) is 17.7 Å². The van der Waals surface area contributed by atoms with Crippen LogP contribution in [0.5, 0.6) is 5.75 Å². The zero-order valence-electron chi connectivity index (χ0n) is 16.0. The highest BCUT2D eigenvalue weighted by atomic mass is 32.1. The van der Waals surface area contributed by atoms with Crippen LogP contribution in [0.1, 0.15) is 24.5 Å². The minimum Gasteiger partial charge on any atom is -0.497 e. The van der Waals surface area contributed by atoms with Crippen LogP contribution < -0.4 is 20.7 Å². The van der Waals surface area contributed by atoms with E-state index in [4.69, 9.17) is 4.74 Å². The highest BCUT2D eigenvalue weighted by Gasteiger charge is 2.11. The summed E-state index contributed by atoms with van der Waals surface area (Å²) in [4.78, 5) is 28.3. The van der Waals surface area contributed by atoms with Crippen molar-refractivity contribution in [3.63, 3.8) is 0 Å². The van der Waals surface area contributed by atoms with E-state index in [1.54, 1.807) is 14.0 Å². The minimum absolute atomic E-state index is 0.0769. The number of rotatable bonds is 6. The molecule has 146 valence electrons. The van der Waals surface area contributed by atoms with Crippen molar-refractivity contribution in [1.29, 1.82) is 0 Å². The third kappa shape index (κ3) is 4.77. The first-order valence-corrected chi connectivity index (χ1v) is 9.69. The molecule has 7 nitrogen and oxygen atoms in total. The van der Waals surface area contributed by atoms with E-state index in [0.29, 0.717) is 23.8 Å². The number of aromatic nitrogens is 1. The van der Waals surface area contributed by atoms with E-state index in [1.807, 2.05) is 43.3 Å². The number of nitrogens with one attached hydrogen (secondary N) is 3. The molecule has 0 saturated carbocycles. The van der Waals surface area contributed by atoms with Crippen molar-refractivity contribution in [2.24, 2.45) is 0 Å². The summed E-state index contributed by atoms with van der Waals surface area (Å²) in [7, 11) is 1.61. The summed E-state index contributed by atoms with van der Waals surface area (Å²) in [6.07, 6.45) is 0.398. The molecule has 2 aromatic carbocycles. The third-order valence-electron chi connectivity index (χ3n) is 4.10. The average Bonchev–Trinajstić information content (AvgIpc) is 3.09. The van der Waals surface area contributed by atoms with Gasteiger partial charge in [0.05, 0.1) is 17.3 Å². The minimum atomic E-state index is -0.300. The van der Waals surface area contributed by atoms with Crippen LogP contribution in [0.4, 0.5) is 15.6 Å². The molecule has 0 spiro atoms. The smallest absolute Gasteiger partial charge is 0.319 e. The number of urea groups is 1. The number of aryl methyl sites for hydroxylation is 1. The van der Waals surface area contributed by atoms with Crippen LogP contribution in [-0.4, -0.2) is 24.0 Å². The maximum atomic E-state index is 12.3. The Kier molecular flexibility index (Phi) is 6.10. The molecule has 1 aromatic heterocycles. The number of fused-ring (bicyclic) bond motifs is 1. The summed E-state index contributed by atoms with van der Waals surface area (Å²) in [6, 6.07) is 10.9. The maximum Gasteiger partial charge on any atom is 0.319 e. The molecule has 1 heterocycles. The molecule has 8 heteroatoms. The molecule has 0 aliphatic carbocycles. The molecule has 0 atom stereocenters. The molecule has 3 N–H and O–H groups in total. The van der Waals surface area contributed by atoms with Crippen molar-refractivity contribution < 1.29 is 14.3 Å². The van der Waals surface area contributed by atoms with Crippen LogP contribution in [0.15, 0.2) is 36.4 Å². The lowest BCUT2D eigenvalue weighted by molar-refractivity contribution is -0.115. The fraction of sp³-hybridized carbons (Fsp3) is 0.250. The van der Waals surface area contributed by atoms with Gasteiger partial charge in [-0.3, -0.25) is 4.79 Å². The largest absolute Gasteiger partial charge is 0.497 e. The van der Waals surface area contributed by atoms with Gasteiger partial charge in [-0.15, -0.1) is 0 Å². The predicted molar refractivity (Wildman–Crippen MR) is 112 cm³/mol. The van der Waals surface area contributed by atoms with Crippen LogP contribution in [0, 0.1) is 6.92 Å². The maximum absolute atomic E-state index is 12.3. The van der Waals surface area contributed by atoms with Crippen molar-refractivity contribution in [1.82, 2.24) is 10.3 Å². The number of anilines is 2. The van der Waals surface area contributed by atoms with E-state index in [9.17, 15) is 9.59 Å². The summed E-state index contributed by atoms with van der Waals surface area (Å²) in [5, 5.41) is 9.01. The second kappa shape index (κ2) is 8.71. The van der Waals surface area contributed by atoms with E-state index < -0.39 is 0 Å². The number of amides is 3. The topological polar surface area (TPSA) is 92.4 Å². The molecular formula is C20H22N4O3S. The Balaban J connectivity index is 1.67. The second-order valence-electron chi connectivity index (χ2n) is 6.22. The summed E-state index contributed by atoms with van der Waals surface area (Å²) in [5.41, 5.74) is 3.36. The van der Waals surface area contributed by atoms with Gasteiger partial charge in [-0.05, 0) is 42.3 Å². The Hall–Kier alpha value is -3.13. The Labute approximate surface area is 167 Å². The summed E-state index contributed by atoms with van der Waals surface area (Å²) >= 11 is 1.38. The molecule has 0 aliphatic rings. The number of nitrogens with zero attached hydrogens (tertiary/aromatic N) is 1. The molecule has 3 rings (SSSR count). The standard InChI is InChI=1S/C20H22N4O3S/c1-4-17(25)23-20-24-18-12(2)8-14(10-16(18)28-20)22-19(26)21-11-13-6-5-7-15(9-13)27-3/h5-10H,4,11H2,1-3H3,(H2,21,22,26)(H,23,24,25). The fourth-order valence-electron chi connectivity index (χ4n) is 2.67. The van der Waals surface area contributed by atoms with Crippen molar-refractivity contribution in [3.8, 4) is 5.75 Å². The SMILES string of the molecule is CCC(=O)Nc1nc2c(C)cc(NC(=O)NCc3cccc(OC)c3)cc2s1. The van der Waals surface area contributed by atoms with Gasteiger partial charge in [0.2, 0.25) is 5.91 Å². The number of ether oxygens (including phenoxy) is 1. The fourth-order valence-corrected chi connectivity index (χ4v) is 3.67. The molecule has 0 unspecified atom stereocenters. The molecular weight excluding hydrogens is 376 g/mol. The van der Waals surface area contributed by atoms with Crippen molar-refractivity contribution >= 4 is 44.3 Å². The predicted octanol–water partition coefficient (Wildman–Crippen LogP) is 4.28. The Morgan fingerprint density at radius 1 is 1.18 bits per heavy atom. The number of hydrogen-bond acceptors (Lipinski definition) is 5. The summed E-state index contributed by atoms with van der Waals surface area (Å²) in [5.74, 6) is 0.670. The highest BCUT2D eigenvalue weighted by Crippen LogP contribution is 2.31. The molecule has 0 radical (unpaired) electrons. The number of benzene rings is 2. The molecule has 0 bridgehead atoms. The van der Waals surface area contributed by atoms with Gasteiger partial charge in [0, 0.05) is 18.7 Å². The summed E-state index contributed by atoms with van der Waals surface area (Å²) < 4.78 is 6.08. The lowest BCUT2D eigenvalue weighted by Crippen LogP contribution is -2.28. The molecule has 3 amide bonds. The van der Waals surface area contributed by atoms with E-state index in [0.717, 1.165) is 27.1 Å². The van der Waals surface area contributed by atoms with Crippen LogP contribution in [0.3, 0.4) is 0 Å². The first kappa shape index (κ1) is 19.6. The van der Waals surface area contributed by atoms with Gasteiger partial charge in [-0.1, -0.05) is 30.4 Å². The van der Waals surface area contributed by atoms with Crippen LogP contribution in [0.25, 0.3) is 10.2 Å². The van der Waals surface area contributed by atoms with E-state index in [2.05, 4.69) is 20.9 Å². The van der Waals surface area contributed by atoms with Crippen LogP contribution in [-0.2, 0) is 11.3 Å². The van der Waals surface area contributed by atoms with Crippen LogP contribution in [0.2, 0.25) is 0 Å². The van der Waals surface area contributed by atoms with Gasteiger partial charge in [-0.25, -0.2) is 9.78 Å². The van der Waals surface area contributed by atoms with E-state index in [1.165, 1.54) is 11.3 Å². The van der Waals surface area contributed by atoms with Crippen molar-refractivity contribution in [3.05, 3.63) is 47.5 Å². The lowest BCUT2D eigenvalue weighted by Gasteiger charge is -2.09. The molecule has 28 heavy (non-hydrogen) atoms. The van der Waals surface area contributed by atoms with Crippen LogP contribution >= 0.6 is 11.3 Å². The highest BCUT2D eigenvalue weighted by molar-refractivity contribution is 7.22. The second-order valence-corrected chi connectivity index (χ2v) is 7.25. The van der Waals surface area contributed by atoms with Gasteiger partial charge < -0.3 is 20.7 Å². The Morgan fingerprint density at radius 2 is 2.00 bits per heavy atom. The lowest BCUT2D eigenvalue weighted by atomic mass is 10.2. The monoisotopic (exact) mass is 398 g/mol. The third-order valence-corrected chi connectivity index (χ3v) is 5.02. The number of thiazole rings is 1. The number of methoxy groups -OCH3 is 1. The number of carbonyl (C=O) groups is 2. The Morgan fingerprint density at radius 3 is 2.75 bits per heavy atom. The number of hydrogen-bond donors (Lipinski definition) is 3. The zero-order chi connectivity index (χ0) is 20.1. The van der Waals surface area contributed by atoms with Gasteiger partial charge in [0.25, 0.3) is 0 Å². The van der Waals surface area contributed by atoms with Crippen molar-refractivity contribution in [2.45, 2.75) is 26.8 Å². The van der Waals surface area contributed by atoms with E-state index in [-0.39, 0.29) is 11.9 Å². The van der Waals surface area contributed by atoms with Gasteiger partial charge in [0.15, 0.2) is 5.13 Å². The van der Waals surface area contributed by atoms with Gasteiger partial charge >= 0.3 is 6.03 Å². The molecule has 0 fully saturated rings. The van der Waals surface area contributed by atoms with Gasteiger partial charge in [0.1, 0.15) is 5.75 Å². The van der Waals surface area contributed by atoms with Gasteiger partial charge in [-0.2, -0.15) is 0 Å². The normalized spacial score (nSPS) is 10.5. The molecule has 3 aromatic rings. The average molecular weight is 398 g/mol. The quantitative estimate of drug-likeness (QED) is 0.578. The molecule has 0 saturated heterocycles. The Bertz CT molecular complexity index is 1020. The summed E-state index contributed by atoms with van der Waals surface area (Å²) in [6.45, 7) is 4.10.